The van der Waals surface area contributed by atoms with E-state index in [2.05, 4.69) is 4.74 Å². The summed E-state index contributed by atoms with van der Waals surface area (Å²) in [6.45, 7) is 1.72. The Kier molecular flexibility index (Phi) is 4.19. The Bertz CT molecular complexity index is 470. The Morgan fingerprint density at radius 2 is 2.24 bits per heavy atom. The summed E-state index contributed by atoms with van der Waals surface area (Å²) >= 11 is 0. The second-order valence-corrected chi connectivity index (χ2v) is 3.20. The number of aromatic hydroxyl groups is 1. The number of esters is 1. The molecule has 0 unspecified atom stereocenters. The third-order valence-corrected chi connectivity index (χ3v) is 1.99. The molecule has 0 aliphatic heterocycles. The van der Waals surface area contributed by atoms with E-state index in [1.54, 1.807) is 6.92 Å². The van der Waals surface area contributed by atoms with Gasteiger partial charge in [-0.2, -0.15) is 0 Å². The van der Waals surface area contributed by atoms with E-state index < -0.39 is 35.8 Å². The molecular formula is C10H11F2NO4. The molecule has 0 aliphatic carbocycles. The highest BCUT2D eigenvalue weighted by molar-refractivity contribution is 5.73. The van der Waals surface area contributed by atoms with E-state index in [1.165, 1.54) is 0 Å². The molecule has 2 N–H and O–H groups in total. The number of carbonyl (C=O) groups excluding carboxylic acids is 1. The van der Waals surface area contributed by atoms with E-state index in [9.17, 15) is 23.5 Å². The van der Waals surface area contributed by atoms with Crippen molar-refractivity contribution < 1.29 is 23.4 Å². The quantitative estimate of drug-likeness (QED) is 0.781. The first kappa shape index (κ1) is 13.1. The van der Waals surface area contributed by atoms with Gasteiger partial charge < -0.3 is 14.8 Å². The number of carbonyl (C=O) groups is 1. The molecule has 1 heterocycles. The summed E-state index contributed by atoms with van der Waals surface area (Å²) in [4.78, 5) is 24.3. The summed E-state index contributed by atoms with van der Waals surface area (Å²) < 4.78 is 29.1. The molecule has 0 saturated carbocycles. The van der Waals surface area contributed by atoms with Crippen molar-refractivity contribution in [3.8, 4) is 5.75 Å². The predicted octanol–water partition coefficient (Wildman–Crippen LogP) is 1.12. The number of hydrogen-bond acceptors (Lipinski definition) is 4. The first-order valence-corrected chi connectivity index (χ1v) is 4.84. The van der Waals surface area contributed by atoms with Crippen LogP contribution in [0.25, 0.3) is 0 Å². The fourth-order valence-corrected chi connectivity index (χ4v) is 1.24. The molecule has 0 aromatic carbocycles. The molecule has 0 radical (unpaired) electrons. The van der Waals surface area contributed by atoms with Gasteiger partial charge >= 0.3 is 5.97 Å². The third-order valence-electron chi connectivity index (χ3n) is 1.99. The molecule has 17 heavy (non-hydrogen) atoms. The van der Waals surface area contributed by atoms with Gasteiger partial charge in [0, 0.05) is 6.07 Å². The van der Waals surface area contributed by atoms with Crippen molar-refractivity contribution in [2.75, 3.05) is 6.61 Å². The Labute approximate surface area is 95.0 Å². The summed E-state index contributed by atoms with van der Waals surface area (Å²) in [5, 5.41) is 9.38. The van der Waals surface area contributed by atoms with Crippen molar-refractivity contribution >= 4 is 5.97 Å². The Balaban J connectivity index is 3.02. The van der Waals surface area contributed by atoms with Crippen LogP contribution in [-0.4, -0.2) is 22.7 Å². The molecule has 0 bridgehead atoms. The Hall–Kier alpha value is -1.92. The first-order valence-electron chi connectivity index (χ1n) is 4.84. The standard InChI is InChI=1S/C10H11F2NO4/c1-2-17-8(15)3-5-7(14)4-6(9(11)12)13-10(5)16/h4,9H,2-3H2,1H3,(H2,13,14,16). The van der Waals surface area contributed by atoms with Crippen LogP contribution >= 0.6 is 0 Å². The van der Waals surface area contributed by atoms with Gasteiger partial charge in [0.2, 0.25) is 0 Å². The lowest BCUT2D eigenvalue weighted by Crippen LogP contribution is -2.19. The van der Waals surface area contributed by atoms with E-state index in [0.29, 0.717) is 0 Å². The summed E-state index contributed by atoms with van der Waals surface area (Å²) in [6, 6.07) is 0.723. The van der Waals surface area contributed by atoms with Crippen LogP contribution in [-0.2, 0) is 16.0 Å². The number of hydrogen-bond donors (Lipinski definition) is 2. The summed E-state index contributed by atoms with van der Waals surface area (Å²) in [6.07, 6.45) is -3.36. The van der Waals surface area contributed by atoms with Crippen LogP contribution in [0, 0.1) is 0 Å². The molecule has 0 saturated heterocycles. The van der Waals surface area contributed by atoms with Crippen LogP contribution in [0.5, 0.6) is 5.75 Å². The zero-order chi connectivity index (χ0) is 13.0. The molecule has 1 rings (SSSR count). The molecule has 0 fully saturated rings. The van der Waals surface area contributed by atoms with Gasteiger partial charge in [-0.3, -0.25) is 9.59 Å². The smallest absolute Gasteiger partial charge is 0.310 e. The Morgan fingerprint density at radius 1 is 1.59 bits per heavy atom. The molecule has 1 aromatic heterocycles. The van der Waals surface area contributed by atoms with Gasteiger partial charge in [-0.05, 0) is 6.92 Å². The molecule has 5 nitrogen and oxygen atoms in total. The zero-order valence-electron chi connectivity index (χ0n) is 9.00. The molecule has 0 atom stereocenters. The van der Waals surface area contributed by atoms with Crippen LogP contribution in [0.1, 0.15) is 24.6 Å². The Morgan fingerprint density at radius 3 is 2.71 bits per heavy atom. The van der Waals surface area contributed by atoms with Crippen molar-refractivity contribution in [1.82, 2.24) is 4.98 Å². The molecule has 7 heteroatoms. The fourth-order valence-electron chi connectivity index (χ4n) is 1.24. The number of pyridine rings is 1. The SMILES string of the molecule is CCOC(=O)Cc1c(O)cc(C(F)F)[nH]c1=O. The van der Waals surface area contributed by atoms with Crippen molar-refractivity contribution in [3.63, 3.8) is 0 Å². The van der Waals surface area contributed by atoms with Crippen LogP contribution in [0.4, 0.5) is 8.78 Å². The third kappa shape index (κ3) is 3.27. The largest absolute Gasteiger partial charge is 0.507 e. The zero-order valence-corrected chi connectivity index (χ0v) is 9.00. The highest BCUT2D eigenvalue weighted by Crippen LogP contribution is 2.21. The van der Waals surface area contributed by atoms with Crippen molar-refractivity contribution in [2.24, 2.45) is 0 Å². The molecule has 94 valence electrons. The van der Waals surface area contributed by atoms with Gasteiger partial charge in [-0.25, -0.2) is 8.78 Å². The summed E-state index contributed by atoms with van der Waals surface area (Å²) in [5.74, 6) is -1.35. The van der Waals surface area contributed by atoms with E-state index in [1.807, 2.05) is 4.98 Å². The number of nitrogens with one attached hydrogen (secondary N) is 1. The van der Waals surface area contributed by atoms with Crippen molar-refractivity contribution in [1.29, 1.82) is 0 Å². The molecule has 0 spiro atoms. The van der Waals surface area contributed by atoms with Gasteiger partial charge in [0.15, 0.2) is 0 Å². The van der Waals surface area contributed by atoms with E-state index in [0.717, 1.165) is 6.07 Å². The lowest BCUT2D eigenvalue weighted by molar-refractivity contribution is -0.142. The second kappa shape index (κ2) is 5.42. The van der Waals surface area contributed by atoms with Gasteiger partial charge in [0.05, 0.1) is 24.3 Å². The lowest BCUT2D eigenvalue weighted by atomic mass is 10.1. The predicted molar refractivity (Wildman–Crippen MR) is 54.0 cm³/mol. The molecular weight excluding hydrogens is 236 g/mol. The number of rotatable bonds is 4. The number of alkyl halides is 2. The topological polar surface area (TPSA) is 79.4 Å². The maximum absolute atomic E-state index is 12.3. The van der Waals surface area contributed by atoms with E-state index in [4.69, 9.17) is 0 Å². The molecule has 1 aromatic rings. The van der Waals surface area contributed by atoms with Crippen molar-refractivity contribution in [2.45, 2.75) is 19.8 Å². The maximum Gasteiger partial charge on any atom is 0.310 e. The summed E-state index contributed by atoms with van der Waals surface area (Å²) in [5.41, 5.74) is -1.90. The average Bonchev–Trinajstić information content (AvgIpc) is 2.23. The number of aromatic nitrogens is 1. The number of ether oxygens (including phenoxy) is 1. The molecule has 0 aliphatic rings. The summed E-state index contributed by atoms with van der Waals surface area (Å²) in [7, 11) is 0. The minimum absolute atomic E-state index is 0.132. The minimum Gasteiger partial charge on any atom is -0.507 e. The number of halogens is 2. The average molecular weight is 247 g/mol. The fraction of sp³-hybridized carbons (Fsp3) is 0.400. The first-order chi connectivity index (χ1) is 7.95. The van der Waals surface area contributed by atoms with Gasteiger partial charge in [-0.15, -0.1) is 0 Å². The highest BCUT2D eigenvalue weighted by Gasteiger charge is 2.17. The number of aromatic amines is 1. The second-order valence-electron chi connectivity index (χ2n) is 3.20. The van der Waals surface area contributed by atoms with E-state index in [-0.39, 0.29) is 12.2 Å². The van der Waals surface area contributed by atoms with Crippen molar-refractivity contribution in [3.05, 3.63) is 27.7 Å². The highest BCUT2D eigenvalue weighted by atomic mass is 19.3. The normalized spacial score (nSPS) is 10.6. The van der Waals surface area contributed by atoms with Gasteiger partial charge in [0.25, 0.3) is 12.0 Å². The van der Waals surface area contributed by atoms with Crippen LogP contribution in [0.15, 0.2) is 10.9 Å². The van der Waals surface area contributed by atoms with Crippen LogP contribution in [0.2, 0.25) is 0 Å². The minimum atomic E-state index is -2.90. The lowest BCUT2D eigenvalue weighted by Gasteiger charge is -2.06. The van der Waals surface area contributed by atoms with Gasteiger partial charge in [-0.1, -0.05) is 0 Å². The van der Waals surface area contributed by atoms with E-state index >= 15 is 0 Å². The van der Waals surface area contributed by atoms with Gasteiger partial charge in [0.1, 0.15) is 5.75 Å². The van der Waals surface area contributed by atoms with Crippen LogP contribution < -0.4 is 5.56 Å². The molecule has 0 amide bonds. The monoisotopic (exact) mass is 247 g/mol. The maximum atomic E-state index is 12.3. The van der Waals surface area contributed by atoms with Crippen LogP contribution in [0.3, 0.4) is 0 Å². The number of H-pyrrole nitrogens is 1.